The first-order valence-electron chi connectivity index (χ1n) is 9.76. The topological polar surface area (TPSA) is 108 Å². The molecule has 0 spiro atoms. The fourth-order valence-electron chi connectivity index (χ4n) is 3.99. The van der Waals surface area contributed by atoms with Crippen LogP contribution in [0.15, 0.2) is 41.1 Å². The SMILES string of the molecule is O=C(NCCNS(=O)(=O)Cc1ccon1)N1Cc2ccccc2N2CCC[C@H]2C1. The molecule has 2 aliphatic rings. The molecule has 0 bridgehead atoms. The van der Waals surface area contributed by atoms with Gasteiger partial charge in [0.1, 0.15) is 12.0 Å². The summed E-state index contributed by atoms with van der Waals surface area (Å²) in [6.07, 6.45) is 3.53. The second-order valence-corrected chi connectivity index (χ2v) is 9.18. The number of aromatic nitrogens is 1. The maximum absolute atomic E-state index is 12.7. The minimum Gasteiger partial charge on any atom is -0.366 e. The maximum atomic E-state index is 12.7. The Bertz CT molecular complexity index is 947. The molecule has 2 amide bonds. The highest BCUT2D eigenvalue weighted by Crippen LogP contribution is 2.32. The summed E-state index contributed by atoms with van der Waals surface area (Å²) in [5, 5.41) is 6.43. The minimum absolute atomic E-state index is 0.117. The molecule has 29 heavy (non-hydrogen) atoms. The van der Waals surface area contributed by atoms with Crippen LogP contribution in [0.1, 0.15) is 24.1 Å². The summed E-state index contributed by atoms with van der Waals surface area (Å²) in [6.45, 7) is 2.56. The van der Waals surface area contributed by atoms with Gasteiger partial charge in [0.05, 0.1) is 5.69 Å². The molecule has 1 fully saturated rings. The molecule has 0 aliphatic carbocycles. The monoisotopic (exact) mass is 419 g/mol. The van der Waals surface area contributed by atoms with Gasteiger partial charge in [-0.3, -0.25) is 0 Å². The van der Waals surface area contributed by atoms with Crippen molar-refractivity contribution in [2.45, 2.75) is 31.2 Å². The van der Waals surface area contributed by atoms with Crippen LogP contribution in [-0.2, 0) is 22.3 Å². The first-order chi connectivity index (χ1) is 14.0. The van der Waals surface area contributed by atoms with Crippen molar-refractivity contribution in [2.24, 2.45) is 0 Å². The number of nitrogens with one attached hydrogen (secondary N) is 2. The van der Waals surface area contributed by atoms with E-state index in [-0.39, 0.29) is 24.9 Å². The highest BCUT2D eigenvalue weighted by Gasteiger charge is 2.32. The summed E-state index contributed by atoms with van der Waals surface area (Å²) >= 11 is 0. The molecule has 0 unspecified atom stereocenters. The first-order valence-corrected chi connectivity index (χ1v) is 11.4. The van der Waals surface area contributed by atoms with E-state index < -0.39 is 10.0 Å². The van der Waals surface area contributed by atoms with Gasteiger partial charge in [0.25, 0.3) is 0 Å². The Kier molecular flexibility index (Phi) is 5.72. The number of carbonyl (C=O) groups is 1. The van der Waals surface area contributed by atoms with Crippen LogP contribution >= 0.6 is 0 Å². The van der Waals surface area contributed by atoms with Gasteiger partial charge in [0.2, 0.25) is 10.0 Å². The molecular formula is C19H25N5O4S. The van der Waals surface area contributed by atoms with E-state index >= 15 is 0 Å². The Labute approximate surface area is 170 Å². The molecule has 0 radical (unpaired) electrons. The van der Waals surface area contributed by atoms with E-state index in [1.54, 1.807) is 0 Å². The Morgan fingerprint density at radius 2 is 2.10 bits per heavy atom. The van der Waals surface area contributed by atoms with E-state index in [1.165, 1.54) is 18.0 Å². The van der Waals surface area contributed by atoms with Crippen LogP contribution in [0.2, 0.25) is 0 Å². The third kappa shape index (κ3) is 4.70. The van der Waals surface area contributed by atoms with Crippen molar-refractivity contribution in [1.29, 1.82) is 0 Å². The van der Waals surface area contributed by atoms with Crippen molar-refractivity contribution < 1.29 is 17.7 Å². The largest absolute Gasteiger partial charge is 0.366 e. The zero-order valence-electron chi connectivity index (χ0n) is 16.1. The van der Waals surface area contributed by atoms with Crippen molar-refractivity contribution >= 4 is 21.7 Å². The van der Waals surface area contributed by atoms with Crippen LogP contribution in [0.3, 0.4) is 0 Å². The molecule has 1 saturated heterocycles. The summed E-state index contributed by atoms with van der Waals surface area (Å²) in [5.41, 5.74) is 2.69. The van der Waals surface area contributed by atoms with Crippen LogP contribution < -0.4 is 14.9 Å². The number of hydrogen-bond donors (Lipinski definition) is 2. The first kappa shape index (κ1) is 19.7. The molecule has 0 saturated carbocycles. The van der Waals surface area contributed by atoms with Gasteiger partial charge < -0.3 is 19.6 Å². The average molecular weight is 420 g/mol. The fraction of sp³-hybridized carbons (Fsp3) is 0.474. The molecule has 2 aromatic rings. The number of amides is 2. The van der Waals surface area contributed by atoms with Gasteiger partial charge in [0, 0.05) is 50.5 Å². The number of rotatable bonds is 6. The summed E-state index contributed by atoms with van der Waals surface area (Å²) in [7, 11) is -3.53. The third-order valence-corrected chi connectivity index (χ3v) is 6.63. The lowest BCUT2D eigenvalue weighted by atomic mass is 10.1. The lowest BCUT2D eigenvalue weighted by Gasteiger charge is -2.27. The van der Waals surface area contributed by atoms with Crippen molar-refractivity contribution in [1.82, 2.24) is 20.1 Å². The van der Waals surface area contributed by atoms with Crippen molar-refractivity contribution in [3.8, 4) is 0 Å². The second-order valence-electron chi connectivity index (χ2n) is 7.37. The van der Waals surface area contributed by atoms with Gasteiger partial charge in [-0.1, -0.05) is 23.4 Å². The normalized spacial score (nSPS) is 18.8. The van der Waals surface area contributed by atoms with Gasteiger partial charge in [-0.25, -0.2) is 17.9 Å². The molecule has 4 rings (SSSR count). The maximum Gasteiger partial charge on any atom is 0.317 e. The predicted octanol–water partition coefficient (Wildman–Crippen LogP) is 1.29. The third-order valence-electron chi connectivity index (χ3n) is 5.31. The number of carbonyl (C=O) groups excluding carboxylic acids is 1. The lowest BCUT2D eigenvalue weighted by Crippen LogP contribution is -2.46. The van der Waals surface area contributed by atoms with Gasteiger partial charge >= 0.3 is 6.03 Å². The van der Waals surface area contributed by atoms with Crippen LogP contribution in [-0.4, -0.2) is 56.7 Å². The molecule has 156 valence electrons. The van der Waals surface area contributed by atoms with E-state index in [0.717, 1.165) is 24.9 Å². The molecule has 2 N–H and O–H groups in total. The predicted molar refractivity (Wildman–Crippen MR) is 108 cm³/mol. The molecular weight excluding hydrogens is 394 g/mol. The molecule has 9 nitrogen and oxygen atoms in total. The highest BCUT2D eigenvalue weighted by atomic mass is 32.2. The number of hydrogen-bond acceptors (Lipinski definition) is 6. The molecule has 10 heteroatoms. The minimum atomic E-state index is -3.53. The van der Waals surface area contributed by atoms with E-state index in [2.05, 4.69) is 36.8 Å². The Hall–Kier alpha value is -2.59. The van der Waals surface area contributed by atoms with Crippen molar-refractivity contribution in [3.05, 3.63) is 47.9 Å². The fourth-order valence-corrected chi connectivity index (χ4v) is 5.05. The Balaban J connectivity index is 1.31. The molecule has 1 aromatic carbocycles. The van der Waals surface area contributed by atoms with Crippen LogP contribution in [0, 0.1) is 0 Å². The quantitative estimate of drug-likeness (QED) is 0.683. The van der Waals surface area contributed by atoms with Crippen molar-refractivity contribution in [3.63, 3.8) is 0 Å². The number of fused-ring (bicyclic) bond motifs is 3. The summed E-state index contributed by atoms with van der Waals surface area (Å²) in [6, 6.07) is 9.87. The average Bonchev–Trinajstić information content (AvgIpc) is 3.34. The van der Waals surface area contributed by atoms with E-state index in [9.17, 15) is 13.2 Å². The molecule has 1 aromatic heterocycles. The van der Waals surface area contributed by atoms with Crippen LogP contribution in [0.25, 0.3) is 0 Å². The van der Waals surface area contributed by atoms with Crippen LogP contribution in [0.4, 0.5) is 10.5 Å². The number of sulfonamides is 1. The summed E-state index contributed by atoms with van der Waals surface area (Å²) in [4.78, 5) is 16.9. The van der Waals surface area contributed by atoms with E-state index in [1.807, 2.05) is 17.0 Å². The number of benzene rings is 1. The number of para-hydroxylation sites is 1. The standard InChI is InChI=1S/C19H25N5O4S/c25-19(20-8-9-21-29(26,27)14-16-7-11-28-22-16)23-12-15-4-1-2-6-18(15)24-10-3-5-17(24)13-23/h1-2,4,6-7,11,17,21H,3,5,8-10,12-14H2,(H,20,25)/t17-/m0/s1. The van der Waals surface area contributed by atoms with E-state index in [0.29, 0.717) is 24.8 Å². The zero-order chi connectivity index (χ0) is 20.3. The second kappa shape index (κ2) is 8.42. The smallest absolute Gasteiger partial charge is 0.317 e. The van der Waals surface area contributed by atoms with Gasteiger partial charge in [-0.05, 0) is 24.5 Å². The van der Waals surface area contributed by atoms with Gasteiger partial charge in [-0.2, -0.15) is 0 Å². The van der Waals surface area contributed by atoms with Gasteiger partial charge in [-0.15, -0.1) is 0 Å². The van der Waals surface area contributed by atoms with Crippen LogP contribution in [0.5, 0.6) is 0 Å². The summed E-state index contributed by atoms with van der Waals surface area (Å²) in [5.74, 6) is -0.252. The van der Waals surface area contributed by atoms with E-state index in [4.69, 9.17) is 0 Å². The Morgan fingerprint density at radius 1 is 1.24 bits per heavy atom. The van der Waals surface area contributed by atoms with Crippen molar-refractivity contribution in [2.75, 3.05) is 31.1 Å². The zero-order valence-corrected chi connectivity index (χ0v) is 16.9. The van der Waals surface area contributed by atoms with Gasteiger partial charge in [0.15, 0.2) is 0 Å². The number of nitrogens with zero attached hydrogens (tertiary/aromatic N) is 3. The molecule has 2 aliphatic heterocycles. The Morgan fingerprint density at radius 3 is 2.93 bits per heavy atom. The number of anilines is 1. The molecule has 3 heterocycles. The molecule has 1 atom stereocenters. The summed E-state index contributed by atoms with van der Waals surface area (Å²) < 4.78 is 31.2. The highest BCUT2D eigenvalue weighted by molar-refractivity contribution is 7.88. The lowest BCUT2D eigenvalue weighted by molar-refractivity contribution is 0.193. The number of urea groups is 1.